The zero-order valence-corrected chi connectivity index (χ0v) is 14.9. The molecular formula is C18H25ClFN3O. The average Bonchev–Trinajstić information content (AvgIpc) is 3.37. The van der Waals surface area contributed by atoms with Crippen molar-refractivity contribution in [3.63, 3.8) is 0 Å². The number of benzene rings is 1. The Kier molecular flexibility index (Phi) is 5.74. The summed E-state index contributed by atoms with van der Waals surface area (Å²) in [6.45, 7) is 6.32. The van der Waals surface area contributed by atoms with Gasteiger partial charge in [0.05, 0.1) is 6.54 Å². The molecule has 0 spiro atoms. The molecule has 3 rings (SSSR count). The molecule has 1 unspecified atom stereocenters. The maximum atomic E-state index is 13.9. The number of carbonyl (C=O) groups excluding carboxylic acids is 1. The van der Waals surface area contributed by atoms with Gasteiger partial charge in [-0.1, -0.05) is 17.7 Å². The predicted molar refractivity (Wildman–Crippen MR) is 93.5 cm³/mol. The van der Waals surface area contributed by atoms with Crippen LogP contribution in [0.5, 0.6) is 0 Å². The first kappa shape index (κ1) is 17.6. The first-order valence-corrected chi connectivity index (χ1v) is 9.07. The maximum absolute atomic E-state index is 13.9. The fraction of sp³-hybridized carbons (Fsp3) is 0.611. The van der Waals surface area contributed by atoms with Gasteiger partial charge in [0, 0.05) is 49.4 Å². The van der Waals surface area contributed by atoms with Crippen LogP contribution in [0, 0.1) is 11.7 Å². The molecule has 6 heteroatoms. The van der Waals surface area contributed by atoms with Crippen molar-refractivity contribution >= 4 is 17.5 Å². The highest BCUT2D eigenvalue weighted by atomic mass is 35.5. The molecule has 1 atom stereocenters. The fourth-order valence-corrected chi connectivity index (χ4v) is 3.45. The highest BCUT2D eigenvalue weighted by Crippen LogP contribution is 2.32. The van der Waals surface area contributed by atoms with Gasteiger partial charge >= 0.3 is 0 Å². The Hall–Kier alpha value is -1.17. The molecule has 1 aliphatic heterocycles. The Balaban J connectivity index is 1.43. The van der Waals surface area contributed by atoms with Gasteiger partial charge in [-0.3, -0.25) is 14.6 Å². The highest BCUT2D eigenvalue weighted by molar-refractivity contribution is 6.31. The molecule has 1 amide bonds. The van der Waals surface area contributed by atoms with Crippen LogP contribution in [0.4, 0.5) is 4.39 Å². The van der Waals surface area contributed by atoms with Crippen LogP contribution in [-0.2, 0) is 11.3 Å². The van der Waals surface area contributed by atoms with Crippen LogP contribution in [0.15, 0.2) is 18.2 Å². The summed E-state index contributed by atoms with van der Waals surface area (Å²) in [6.07, 6.45) is 2.47. The molecule has 1 heterocycles. The van der Waals surface area contributed by atoms with E-state index >= 15 is 0 Å². The van der Waals surface area contributed by atoms with Crippen LogP contribution in [-0.4, -0.2) is 54.5 Å². The first-order valence-electron chi connectivity index (χ1n) is 8.70. The van der Waals surface area contributed by atoms with E-state index in [1.54, 1.807) is 12.1 Å². The molecule has 1 saturated carbocycles. The molecule has 0 aromatic heterocycles. The van der Waals surface area contributed by atoms with E-state index in [1.807, 2.05) is 0 Å². The van der Waals surface area contributed by atoms with Crippen LogP contribution in [0.25, 0.3) is 0 Å². The lowest BCUT2D eigenvalue weighted by molar-refractivity contribution is -0.123. The number of piperazine rings is 1. The number of nitrogens with one attached hydrogen (secondary N) is 1. The van der Waals surface area contributed by atoms with Gasteiger partial charge in [0.2, 0.25) is 5.91 Å². The standard InChI is InChI=1S/C18H25ClFN3O/c1-13(14-5-6-14)21-18(24)12-23-9-7-22(8-10-23)11-15-16(19)3-2-4-17(15)20/h2-4,13-14H,5-12H2,1H3,(H,21,24). The summed E-state index contributed by atoms with van der Waals surface area (Å²) in [5.41, 5.74) is 0.559. The van der Waals surface area contributed by atoms with Crippen molar-refractivity contribution in [1.82, 2.24) is 15.1 Å². The molecule has 1 saturated heterocycles. The second-order valence-corrected chi connectivity index (χ2v) is 7.35. The Morgan fingerprint density at radius 1 is 1.29 bits per heavy atom. The number of amides is 1. The van der Waals surface area contributed by atoms with Crippen molar-refractivity contribution in [3.05, 3.63) is 34.6 Å². The van der Waals surface area contributed by atoms with Crippen molar-refractivity contribution in [1.29, 1.82) is 0 Å². The van der Waals surface area contributed by atoms with Gasteiger partial charge in [0.1, 0.15) is 5.82 Å². The van der Waals surface area contributed by atoms with Crippen molar-refractivity contribution in [2.45, 2.75) is 32.4 Å². The molecule has 1 N–H and O–H groups in total. The molecule has 0 radical (unpaired) electrons. The van der Waals surface area contributed by atoms with E-state index in [2.05, 4.69) is 22.0 Å². The van der Waals surface area contributed by atoms with Gasteiger partial charge in [-0.15, -0.1) is 0 Å². The van der Waals surface area contributed by atoms with Crippen molar-refractivity contribution in [2.75, 3.05) is 32.7 Å². The summed E-state index contributed by atoms with van der Waals surface area (Å²) >= 11 is 6.10. The molecule has 2 fully saturated rings. The van der Waals surface area contributed by atoms with Gasteiger partial charge < -0.3 is 5.32 Å². The summed E-state index contributed by atoms with van der Waals surface area (Å²) in [5.74, 6) is 0.537. The molecule has 1 aromatic carbocycles. The van der Waals surface area contributed by atoms with E-state index < -0.39 is 0 Å². The van der Waals surface area contributed by atoms with Crippen LogP contribution in [0.1, 0.15) is 25.3 Å². The highest BCUT2D eigenvalue weighted by Gasteiger charge is 2.29. The Labute approximate surface area is 147 Å². The second kappa shape index (κ2) is 7.81. The fourth-order valence-electron chi connectivity index (χ4n) is 3.23. The molecule has 2 aliphatic rings. The normalized spacial score (nSPS) is 20.8. The minimum absolute atomic E-state index is 0.111. The lowest BCUT2D eigenvalue weighted by Crippen LogP contribution is -2.50. The van der Waals surface area contributed by atoms with E-state index in [4.69, 9.17) is 11.6 Å². The van der Waals surface area contributed by atoms with Gasteiger partial charge in [-0.25, -0.2) is 4.39 Å². The lowest BCUT2D eigenvalue weighted by atomic mass is 10.2. The smallest absolute Gasteiger partial charge is 0.234 e. The third-order valence-electron chi connectivity index (χ3n) is 4.99. The number of hydrogen-bond donors (Lipinski definition) is 1. The summed E-state index contributed by atoms with van der Waals surface area (Å²) in [4.78, 5) is 16.4. The van der Waals surface area contributed by atoms with Crippen molar-refractivity contribution in [3.8, 4) is 0 Å². The quantitative estimate of drug-likeness (QED) is 0.853. The Morgan fingerprint density at radius 3 is 2.58 bits per heavy atom. The minimum Gasteiger partial charge on any atom is -0.352 e. The van der Waals surface area contributed by atoms with E-state index in [0.29, 0.717) is 35.6 Å². The number of halogens is 2. The molecule has 132 valence electrons. The summed E-state index contributed by atoms with van der Waals surface area (Å²) in [5, 5.41) is 3.57. The van der Waals surface area contributed by atoms with Gasteiger partial charge in [-0.2, -0.15) is 0 Å². The van der Waals surface area contributed by atoms with Gasteiger partial charge in [0.25, 0.3) is 0 Å². The molecule has 4 nitrogen and oxygen atoms in total. The van der Waals surface area contributed by atoms with Crippen LogP contribution >= 0.6 is 11.6 Å². The second-order valence-electron chi connectivity index (χ2n) is 6.95. The van der Waals surface area contributed by atoms with E-state index in [-0.39, 0.29) is 11.7 Å². The number of carbonyl (C=O) groups is 1. The van der Waals surface area contributed by atoms with Crippen molar-refractivity contribution < 1.29 is 9.18 Å². The summed E-state index contributed by atoms with van der Waals surface area (Å²) in [6, 6.07) is 5.09. The number of nitrogens with zero attached hydrogens (tertiary/aromatic N) is 2. The zero-order valence-electron chi connectivity index (χ0n) is 14.1. The summed E-state index contributed by atoms with van der Waals surface area (Å²) < 4.78 is 13.9. The van der Waals surface area contributed by atoms with E-state index in [9.17, 15) is 9.18 Å². The number of rotatable bonds is 6. The molecule has 1 aliphatic carbocycles. The van der Waals surface area contributed by atoms with Crippen LogP contribution < -0.4 is 5.32 Å². The zero-order chi connectivity index (χ0) is 17.1. The predicted octanol–water partition coefficient (Wildman–Crippen LogP) is 2.51. The minimum atomic E-state index is -0.252. The molecule has 1 aromatic rings. The molecule has 0 bridgehead atoms. The topological polar surface area (TPSA) is 35.6 Å². The van der Waals surface area contributed by atoms with Crippen LogP contribution in [0.2, 0.25) is 5.02 Å². The third kappa shape index (κ3) is 4.68. The van der Waals surface area contributed by atoms with Crippen LogP contribution in [0.3, 0.4) is 0 Å². The van der Waals surface area contributed by atoms with E-state index in [0.717, 1.165) is 26.2 Å². The Morgan fingerprint density at radius 2 is 1.96 bits per heavy atom. The van der Waals surface area contributed by atoms with Gasteiger partial charge in [-0.05, 0) is 37.8 Å². The SMILES string of the molecule is CC(NC(=O)CN1CCN(Cc2c(F)cccc2Cl)CC1)C1CC1. The van der Waals surface area contributed by atoms with Crippen molar-refractivity contribution in [2.24, 2.45) is 5.92 Å². The first-order chi connectivity index (χ1) is 11.5. The number of hydrogen-bond acceptors (Lipinski definition) is 3. The lowest BCUT2D eigenvalue weighted by Gasteiger charge is -2.34. The maximum Gasteiger partial charge on any atom is 0.234 e. The monoisotopic (exact) mass is 353 g/mol. The summed E-state index contributed by atoms with van der Waals surface area (Å²) in [7, 11) is 0. The largest absolute Gasteiger partial charge is 0.352 e. The van der Waals surface area contributed by atoms with E-state index in [1.165, 1.54) is 18.9 Å². The average molecular weight is 354 g/mol. The molecular weight excluding hydrogens is 329 g/mol. The Bertz CT molecular complexity index is 565. The third-order valence-corrected chi connectivity index (χ3v) is 5.35. The molecule has 24 heavy (non-hydrogen) atoms. The van der Waals surface area contributed by atoms with Gasteiger partial charge in [0.15, 0.2) is 0 Å².